The average Bonchev–Trinajstić information content (AvgIpc) is 3.54. The minimum Gasteiger partial charge on any atom is -0.382 e. The molecule has 2 aromatic heterocycles. The Hall–Kier alpha value is -4.68. The van der Waals surface area contributed by atoms with E-state index in [1.54, 1.807) is 54.6 Å². The Morgan fingerprint density at radius 2 is 1.30 bits per heavy atom. The smallest absolute Gasteiger partial charge is 0.185 e. The summed E-state index contributed by atoms with van der Waals surface area (Å²) in [4.78, 5) is 0. The molecule has 0 amide bonds. The van der Waals surface area contributed by atoms with E-state index >= 15 is 0 Å². The zero-order valence-electron chi connectivity index (χ0n) is 24.5. The van der Waals surface area contributed by atoms with Crippen LogP contribution in [0.1, 0.15) is 0 Å². The van der Waals surface area contributed by atoms with Gasteiger partial charge in [-0.25, -0.2) is 22.2 Å². The van der Waals surface area contributed by atoms with Crippen LogP contribution in [0.15, 0.2) is 72.8 Å². The van der Waals surface area contributed by atoms with Crippen LogP contribution in [0.2, 0.25) is 25.7 Å². The molecule has 2 heterocycles. The van der Waals surface area contributed by atoms with Crippen LogP contribution in [0.4, 0.5) is 29.2 Å². The minimum absolute atomic E-state index is 0.00955. The molecule has 0 aliphatic heterocycles. The quantitative estimate of drug-likeness (QED) is 0.0953. The van der Waals surface area contributed by atoms with Crippen molar-refractivity contribution in [3.05, 3.63) is 96.1 Å². The van der Waals surface area contributed by atoms with E-state index in [1.165, 1.54) is 10.7 Å². The van der Waals surface area contributed by atoms with Crippen LogP contribution in [0.5, 0.6) is 0 Å². The Morgan fingerprint density at radius 3 is 1.86 bits per heavy atom. The highest BCUT2D eigenvalue weighted by Crippen LogP contribution is 2.34. The molecule has 0 atom stereocenters. The minimum atomic E-state index is -1.22. The van der Waals surface area contributed by atoms with Crippen molar-refractivity contribution in [2.45, 2.75) is 32.4 Å². The molecule has 5 N–H and O–H groups in total. The number of nitrogen functional groups attached to an aromatic ring is 2. The molecule has 0 fully saturated rings. The molecule has 0 radical (unpaired) electrons. The highest BCUT2D eigenvalue weighted by atomic mass is 28.3. The van der Waals surface area contributed by atoms with E-state index in [-0.39, 0.29) is 40.5 Å². The summed E-state index contributed by atoms with van der Waals surface area (Å²) in [6, 6.07) is 21.6. The highest BCUT2D eigenvalue weighted by Gasteiger charge is 2.22. The number of nitrogens with zero attached hydrogens (tertiary/aromatic N) is 3. The molecule has 228 valence electrons. The second-order valence-electron chi connectivity index (χ2n) is 11.5. The van der Waals surface area contributed by atoms with E-state index in [0.717, 1.165) is 6.04 Å². The highest BCUT2D eigenvalue weighted by molar-refractivity contribution is 6.76. The number of H-pyrrole nitrogens is 1. The normalized spacial score (nSPS) is 11.6. The average molecular weight is 621 g/mol. The number of hydrogen-bond donors (Lipinski definition) is 3. The number of fused-ring (bicyclic) bond motifs is 2. The van der Waals surface area contributed by atoms with Crippen LogP contribution in [-0.4, -0.2) is 34.7 Å². The Balaban J connectivity index is 0.000000186. The second-order valence-corrected chi connectivity index (χ2v) is 17.1. The van der Waals surface area contributed by atoms with Crippen LogP contribution >= 0.6 is 0 Å². The lowest BCUT2D eigenvalue weighted by atomic mass is 10.0. The third kappa shape index (κ3) is 6.31. The summed E-state index contributed by atoms with van der Waals surface area (Å²) < 4.78 is 64.2. The first-order valence-electron chi connectivity index (χ1n) is 13.9. The molecule has 0 spiro atoms. The van der Waals surface area contributed by atoms with Crippen LogP contribution in [0.3, 0.4) is 0 Å². The number of nitrogens with one attached hydrogen (secondary N) is 1. The molecule has 44 heavy (non-hydrogen) atoms. The fourth-order valence-corrected chi connectivity index (χ4v) is 5.45. The number of aromatic nitrogens is 4. The number of benzene rings is 4. The zero-order valence-corrected chi connectivity index (χ0v) is 25.5. The number of hydrogen-bond acceptors (Lipinski definition) is 5. The third-order valence-electron chi connectivity index (χ3n) is 7.09. The summed E-state index contributed by atoms with van der Waals surface area (Å²) in [7, 11) is -1.22. The van der Waals surface area contributed by atoms with Gasteiger partial charge in [-0.05, 0) is 29.3 Å². The predicted molar refractivity (Wildman–Crippen MR) is 169 cm³/mol. The van der Waals surface area contributed by atoms with E-state index in [1.807, 2.05) is 12.1 Å². The van der Waals surface area contributed by atoms with Crippen LogP contribution in [0, 0.1) is 23.3 Å². The fourth-order valence-electron chi connectivity index (χ4n) is 4.69. The van der Waals surface area contributed by atoms with Crippen molar-refractivity contribution in [1.29, 1.82) is 0 Å². The molecule has 7 nitrogen and oxygen atoms in total. The number of anilines is 2. The molecule has 0 bridgehead atoms. The van der Waals surface area contributed by atoms with Gasteiger partial charge >= 0.3 is 0 Å². The van der Waals surface area contributed by atoms with E-state index in [2.05, 4.69) is 34.9 Å². The van der Waals surface area contributed by atoms with Crippen LogP contribution < -0.4 is 11.5 Å². The van der Waals surface area contributed by atoms with Gasteiger partial charge in [0.25, 0.3) is 0 Å². The number of rotatable bonds is 7. The lowest BCUT2D eigenvalue weighted by Crippen LogP contribution is -2.22. The summed E-state index contributed by atoms with van der Waals surface area (Å²) in [5.74, 6) is -3.43. The number of ether oxygens (including phenoxy) is 1. The van der Waals surface area contributed by atoms with Crippen molar-refractivity contribution in [2.75, 3.05) is 18.1 Å². The Bertz CT molecular complexity index is 1920. The Morgan fingerprint density at radius 1 is 0.750 bits per heavy atom. The van der Waals surface area contributed by atoms with Crippen molar-refractivity contribution in [3.8, 4) is 22.3 Å². The molecule has 0 saturated heterocycles. The summed E-state index contributed by atoms with van der Waals surface area (Å²) in [6.07, 6.45) is 0. The zero-order chi connectivity index (χ0) is 31.6. The van der Waals surface area contributed by atoms with Gasteiger partial charge in [0.1, 0.15) is 17.8 Å². The maximum absolute atomic E-state index is 14.8. The Kier molecular flexibility index (Phi) is 8.74. The molecule has 0 aliphatic rings. The van der Waals surface area contributed by atoms with Gasteiger partial charge < -0.3 is 16.2 Å². The first kappa shape index (κ1) is 30.8. The molecule has 6 aromatic rings. The first-order valence-corrected chi connectivity index (χ1v) is 17.6. The second kappa shape index (κ2) is 12.5. The van der Waals surface area contributed by atoms with Gasteiger partial charge in [-0.2, -0.15) is 10.2 Å². The fraction of sp³-hybridized carbons (Fsp3) is 0.188. The van der Waals surface area contributed by atoms with Gasteiger partial charge in [0.2, 0.25) is 0 Å². The number of halogens is 4. The van der Waals surface area contributed by atoms with Crippen molar-refractivity contribution >= 4 is 41.5 Å². The Labute approximate surface area is 252 Å². The molecular formula is C32H32F4N6OSi. The lowest BCUT2D eigenvalue weighted by molar-refractivity contribution is 0.0815. The van der Waals surface area contributed by atoms with Gasteiger partial charge in [-0.3, -0.25) is 5.10 Å². The van der Waals surface area contributed by atoms with Crippen molar-refractivity contribution in [2.24, 2.45) is 0 Å². The number of aromatic amines is 1. The molecular weight excluding hydrogens is 588 g/mol. The van der Waals surface area contributed by atoms with E-state index < -0.39 is 31.3 Å². The van der Waals surface area contributed by atoms with Crippen molar-refractivity contribution < 1.29 is 22.3 Å². The molecule has 6 rings (SSSR count). The standard InChI is InChI=1S/C19H23F2N3OSi.C13H9F2N3/c1-26(2,3)10-9-25-12-24-18-15(19(22)23-24)11-14(16(20)17(18)21)13-7-5-4-6-8-13;14-10-8(7-4-2-1-3-5-7)6-9-12(11(10)15)17-18-13(9)16/h4-8,11H,9-10,12H2,1-3H3,(H2,22,23);1-6H,(H3,16,17,18). The van der Waals surface area contributed by atoms with Gasteiger partial charge in [-0.1, -0.05) is 80.3 Å². The van der Waals surface area contributed by atoms with Crippen molar-refractivity contribution in [3.63, 3.8) is 0 Å². The van der Waals surface area contributed by atoms with E-state index in [9.17, 15) is 17.6 Å². The molecule has 0 saturated carbocycles. The van der Waals surface area contributed by atoms with Crippen molar-refractivity contribution in [1.82, 2.24) is 20.0 Å². The van der Waals surface area contributed by atoms with Gasteiger partial charge in [0.05, 0.1) is 0 Å². The first-order chi connectivity index (χ1) is 21.0. The molecule has 12 heteroatoms. The molecule has 0 unspecified atom stereocenters. The molecule has 4 aromatic carbocycles. The maximum Gasteiger partial charge on any atom is 0.185 e. The largest absolute Gasteiger partial charge is 0.382 e. The number of nitrogens with two attached hydrogens (primary N) is 2. The molecule has 0 aliphatic carbocycles. The summed E-state index contributed by atoms with van der Waals surface area (Å²) in [5, 5.41) is 11.0. The SMILES string of the molecule is C[Si](C)(C)CCOCn1nc(N)c2cc(-c3ccccc3)c(F)c(F)c21.Nc1n[nH]c2c(F)c(F)c(-c3ccccc3)cc12. The summed E-state index contributed by atoms with van der Waals surface area (Å²) >= 11 is 0. The predicted octanol–water partition coefficient (Wildman–Crippen LogP) is 7.97. The van der Waals surface area contributed by atoms with Crippen LogP contribution in [0.25, 0.3) is 44.1 Å². The van der Waals surface area contributed by atoms with Gasteiger partial charge in [0, 0.05) is 36.6 Å². The van der Waals surface area contributed by atoms with E-state index in [0.29, 0.717) is 28.5 Å². The monoisotopic (exact) mass is 620 g/mol. The lowest BCUT2D eigenvalue weighted by Gasteiger charge is -2.15. The van der Waals surface area contributed by atoms with Crippen LogP contribution in [-0.2, 0) is 11.5 Å². The van der Waals surface area contributed by atoms with Gasteiger partial charge in [0.15, 0.2) is 34.9 Å². The third-order valence-corrected chi connectivity index (χ3v) is 8.80. The maximum atomic E-state index is 14.8. The topological polar surface area (TPSA) is 108 Å². The summed E-state index contributed by atoms with van der Waals surface area (Å²) in [6.45, 7) is 7.34. The van der Waals surface area contributed by atoms with Gasteiger partial charge in [-0.15, -0.1) is 0 Å². The van der Waals surface area contributed by atoms with E-state index in [4.69, 9.17) is 16.2 Å². The summed E-state index contributed by atoms with van der Waals surface area (Å²) in [5.41, 5.74) is 13.1.